The van der Waals surface area contributed by atoms with Gasteiger partial charge in [-0.25, -0.2) is 0 Å². The van der Waals surface area contributed by atoms with Gasteiger partial charge in [-0.3, -0.25) is 14.5 Å². The molecule has 1 fully saturated rings. The topological polar surface area (TPSA) is 40.6 Å². The number of rotatable bonds is 10. The predicted molar refractivity (Wildman–Crippen MR) is 109 cm³/mol. The average molecular weight is 363 g/mol. The van der Waals surface area contributed by atoms with E-state index in [9.17, 15) is 9.59 Å². The molecule has 4 heteroatoms. The Morgan fingerprint density at radius 3 is 2.42 bits per heavy atom. The first-order valence-corrected chi connectivity index (χ1v) is 9.92. The number of ketones is 2. The van der Waals surface area contributed by atoms with E-state index in [1.54, 1.807) is 12.2 Å². The number of carbonyl (C=O) groups is 2. The van der Waals surface area contributed by atoms with Crippen molar-refractivity contribution in [2.24, 2.45) is 11.3 Å². The molecule has 148 valence electrons. The fourth-order valence-electron chi connectivity index (χ4n) is 3.01. The highest BCUT2D eigenvalue weighted by molar-refractivity contribution is 5.94. The second-order valence-corrected chi connectivity index (χ2v) is 8.78. The molecule has 1 heterocycles. The zero-order valence-corrected chi connectivity index (χ0v) is 17.8. The number of allylic oxidation sites excluding steroid dienone is 2. The van der Waals surface area contributed by atoms with Gasteiger partial charge in [0.15, 0.2) is 11.6 Å². The Morgan fingerprint density at radius 2 is 1.85 bits per heavy atom. The van der Waals surface area contributed by atoms with Crippen molar-refractivity contribution in [2.75, 3.05) is 26.7 Å². The molecule has 1 rings (SSSR count). The maximum atomic E-state index is 12.7. The third kappa shape index (κ3) is 7.16. The van der Waals surface area contributed by atoms with Crippen LogP contribution in [-0.4, -0.2) is 60.1 Å². The van der Waals surface area contributed by atoms with Gasteiger partial charge in [0.25, 0.3) is 0 Å². The van der Waals surface area contributed by atoms with Crippen molar-refractivity contribution < 1.29 is 9.59 Å². The summed E-state index contributed by atoms with van der Waals surface area (Å²) in [5, 5.41) is 0. The van der Waals surface area contributed by atoms with E-state index in [0.717, 1.165) is 32.5 Å². The van der Waals surface area contributed by atoms with Crippen molar-refractivity contribution in [1.82, 2.24) is 9.80 Å². The van der Waals surface area contributed by atoms with Crippen LogP contribution in [0.5, 0.6) is 0 Å². The van der Waals surface area contributed by atoms with Crippen molar-refractivity contribution in [3.8, 4) is 0 Å². The predicted octanol–water partition coefficient (Wildman–Crippen LogP) is 3.72. The number of carbonyl (C=O) groups excluding carboxylic acids is 2. The number of nitrogens with zero attached hydrogens (tertiary/aromatic N) is 2. The van der Waals surface area contributed by atoms with Crippen molar-refractivity contribution in [1.29, 1.82) is 0 Å². The van der Waals surface area contributed by atoms with Crippen LogP contribution in [0.25, 0.3) is 0 Å². The Bertz CT molecular complexity index is 532. The Labute approximate surface area is 160 Å². The van der Waals surface area contributed by atoms with Gasteiger partial charge in [-0.05, 0) is 52.4 Å². The molecule has 26 heavy (non-hydrogen) atoms. The Balaban J connectivity index is 2.64. The molecular formula is C22H38N2O2. The molecule has 0 unspecified atom stereocenters. The summed E-state index contributed by atoms with van der Waals surface area (Å²) in [6.07, 6.45) is 9.63. The van der Waals surface area contributed by atoms with Crippen LogP contribution in [-0.2, 0) is 9.59 Å². The van der Waals surface area contributed by atoms with Crippen LogP contribution in [0.15, 0.2) is 24.3 Å². The van der Waals surface area contributed by atoms with Crippen LogP contribution in [0.4, 0.5) is 0 Å². The summed E-state index contributed by atoms with van der Waals surface area (Å²) in [4.78, 5) is 29.1. The zero-order valence-electron chi connectivity index (χ0n) is 17.8. The smallest absolute Gasteiger partial charge is 0.162 e. The summed E-state index contributed by atoms with van der Waals surface area (Å²) in [5.41, 5.74) is -0.425. The maximum Gasteiger partial charge on any atom is 0.162 e. The summed E-state index contributed by atoms with van der Waals surface area (Å²) in [6, 6.07) is 0.731. The van der Waals surface area contributed by atoms with Crippen LogP contribution >= 0.6 is 0 Å². The van der Waals surface area contributed by atoms with Gasteiger partial charge in [0, 0.05) is 36.5 Å². The molecule has 0 aromatic heterocycles. The maximum absolute atomic E-state index is 12.7. The lowest BCUT2D eigenvalue weighted by atomic mass is 9.86. The van der Waals surface area contributed by atoms with Crippen LogP contribution in [0.2, 0.25) is 0 Å². The van der Waals surface area contributed by atoms with E-state index >= 15 is 0 Å². The van der Waals surface area contributed by atoms with Crippen molar-refractivity contribution in [2.45, 2.75) is 66.5 Å². The molecule has 0 saturated carbocycles. The molecular weight excluding hydrogens is 324 g/mol. The third-order valence-corrected chi connectivity index (χ3v) is 5.28. The molecule has 0 radical (unpaired) electrons. The standard InChI is InChI=1S/C22H38N2O2/c1-17(2)20(25)13-12-19-10-8-15-24(19)16-22(5,6)21(26)11-9-14-23(7)18(3)4/h9,11-13,17-19H,8,10,14-16H2,1-7H3/b11-9+,13-12+/t19-/m0/s1. The molecule has 0 aliphatic carbocycles. The van der Waals surface area contributed by atoms with Crippen LogP contribution in [0.3, 0.4) is 0 Å². The van der Waals surface area contributed by atoms with Crippen LogP contribution in [0, 0.1) is 11.3 Å². The Hall–Kier alpha value is -1.26. The molecule has 1 saturated heterocycles. The van der Waals surface area contributed by atoms with E-state index in [-0.39, 0.29) is 23.5 Å². The fourth-order valence-corrected chi connectivity index (χ4v) is 3.01. The zero-order chi connectivity index (χ0) is 19.9. The Kier molecular flexibility index (Phi) is 8.91. The molecule has 0 aromatic carbocycles. The number of likely N-dealkylation sites (tertiary alicyclic amines) is 1. The summed E-state index contributed by atoms with van der Waals surface area (Å²) >= 11 is 0. The van der Waals surface area contributed by atoms with E-state index in [1.807, 2.05) is 39.8 Å². The molecule has 0 aromatic rings. The number of hydrogen-bond acceptors (Lipinski definition) is 4. The first-order chi connectivity index (χ1) is 12.0. The molecule has 0 spiro atoms. The first-order valence-electron chi connectivity index (χ1n) is 9.92. The minimum absolute atomic E-state index is 0.0354. The molecule has 1 aliphatic rings. The molecule has 0 amide bonds. The summed E-state index contributed by atoms with van der Waals surface area (Å²) < 4.78 is 0. The minimum Gasteiger partial charge on any atom is -0.300 e. The van der Waals surface area contributed by atoms with E-state index in [0.29, 0.717) is 6.04 Å². The monoisotopic (exact) mass is 362 g/mol. The van der Waals surface area contributed by atoms with Gasteiger partial charge in [-0.15, -0.1) is 0 Å². The van der Waals surface area contributed by atoms with Gasteiger partial charge in [0.2, 0.25) is 0 Å². The average Bonchev–Trinajstić information content (AvgIpc) is 2.98. The summed E-state index contributed by atoms with van der Waals surface area (Å²) in [5.74, 6) is 0.375. The summed E-state index contributed by atoms with van der Waals surface area (Å²) in [6.45, 7) is 14.7. The molecule has 1 aliphatic heterocycles. The molecule has 1 atom stereocenters. The lowest BCUT2D eigenvalue weighted by molar-refractivity contribution is -0.123. The normalized spacial score (nSPS) is 19.7. The van der Waals surface area contributed by atoms with Crippen LogP contribution in [0.1, 0.15) is 54.4 Å². The molecule has 0 bridgehead atoms. The van der Waals surface area contributed by atoms with Gasteiger partial charge in [0.05, 0.1) is 0 Å². The highest BCUT2D eigenvalue weighted by Crippen LogP contribution is 2.26. The van der Waals surface area contributed by atoms with E-state index in [4.69, 9.17) is 0 Å². The van der Waals surface area contributed by atoms with Gasteiger partial charge in [-0.2, -0.15) is 0 Å². The van der Waals surface area contributed by atoms with Crippen LogP contribution < -0.4 is 0 Å². The largest absolute Gasteiger partial charge is 0.300 e. The van der Waals surface area contributed by atoms with Gasteiger partial charge < -0.3 is 4.90 Å². The second-order valence-electron chi connectivity index (χ2n) is 8.78. The van der Waals surface area contributed by atoms with Crippen molar-refractivity contribution >= 4 is 11.6 Å². The number of likely N-dealkylation sites (N-methyl/N-ethyl adjacent to an activating group) is 1. The first kappa shape index (κ1) is 22.8. The quantitative estimate of drug-likeness (QED) is 0.555. The molecule has 4 nitrogen and oxygen atoms in total. The van der Waals surface area contributed by atoms with Gasteiger partial charge >= 0.3 is 0 Å². The van der Waals surface area contributed by atoms with Crippen molar-refractivity contribution in [3.63, 3.8) is 0 Å². The lowest BCUT2D eigenvalue weighted by Gasteiger charge is -2.31. The Morgan fingerprint density at radius 1 is 1.19 bits per heavy atom. The third-order valence-electron chi connectivity index (χ3n) is 5.28. The van der Waals surface area contributed by atoms with Crippen molar-refractivity contribution in [3.05, 3.63) is 24.3 Å². The van der Waals surface area contributed by atoms with Gasteiger partial charge in [-0.1, -0.05) is 39.8 Å². The van der Waals surface area contributed by atoms with E-state index in [2.05, 4.69) is 30.7 Å². The fraction of sp³-hybridized carbons (Fsp3) is 0.727. The highest BCUT2D eigenvalue weighted by atomic mass is 16.1. The van der Waals surface area contributed by atoms with Gasteiger partial charge in [0.1, 0.15) is 0 Å². The SMILES string of the molecule is CC(C)C(=O)/C=C/[C@@H]1CCCN1CC(C)(C)C(=O)/C=C/CN(C)C(C)C. The molecule has 0 N–H and O–H groups in total. The number of hydrogen-bond donors (Lipinski definition) is 0. The van der Waals surface area contributed by atoms with E-state index < -0.39 is 5.41 Å². The highest BCUT2D eigenvalue weighted by Gasteiger charge is 2.32. The lowest BCUT2D eigenvalue weighted by Crippen LogP contribution is -2.40. The second kappa shape index (κ2) is 10.2. The minimum atomic E-state index is -0.425. The summed E-state index contributed by atoms with van der Waals surface area (Å²) in [7, 11) is 2.06. The van der Waals surface area contributed by atoms with E-state index in [1.165, 1.54) is 0 Å².